The summed E-state index contributed by atoms with van der Waals surface area (Å²) in [5.41, 5.74) is 0.554. The number of benzene rings is 1. The molecule has 1 aliphatic heterocycles. The normalized spacial score (nSPS) is 32.1. The van der Waals surface area contributed by atoms with Crippen molar-refractivity contribution in [1.29, 1.82) is 0 Å². The number of likely N-dealkylation sites (tertiary alicyclic amines) is 1. The molecule has 4 aliphatic rings. The fourth-order valence-corrected chi connectivity index (χ4v) is 5.33. The fourth-order valence-electron chi connectivity index (χ4n) is 5.33. The zero-order valence-corrected chi connectivity index (χ0v) is 16.0. The maximum atomic E-state index is 11.7. The lowest BCUT2D eigenvalue weighted by molar-refractivity contribution is -0.165. The molecule has 2 atom stereocenters. The number of rotatable bonds is 4. The van der Waals surface area contributed by atoms with Gasteiger partial charge in [0.25, 0.3) is 0 Å². The molecule has 3 N–H and O–H groups in total. The molecule has 1 saturated heterocycles. The summed E-state index contributed by atoms with van der Waals surface area (Å²) in [7, 11) is 0. The third-order valence-electron chi connectivity index (χ3n) is 6.43. The first-order chi connectivity index (χ1) is 13.4. The summed E-state index contributed by atoms with van der Waals surface area (Å²) >= 11 is 0. The number of fused-ring (bicyclic) bond motifs is 3. The SMILES string of the molecule is O=C(O)C=CC(=O)O.OC1(c2ccccc2)C2CCC(CC2)C1N1CCCC1. The van der Waals surface area contributed by atoms with Gasteiger partial charge in [-0.3, -0.25) is 4.90 Å². The lowest BCUT2D eigenvalue weighted by atomic mass is 9.56. The lowest BCUT2D eigenvalue weighted by Gasteiger charge is -2.57. The minimum absolute atomic E-state index is 0.361. The minimum Gasteiger partial charge on any atom is -0.478 e. The molecule has 5 rings (SSSR count). The molecule has 0 amide bonds. The van der Waals surface area contributed by atoms with Crippen LogP contribution in [0, 0.1) is 11.8 Å². The van der Waals surface area contributed by atoms with Gasteiger partial charge >= 0.3 is 11.9 Å². The molecule has 2 unspecified atom stereocenters. The Bertz CT molecular complexity index is 687. The van der Waals surface area contributed by atoms with Crippen LogP contribution in [0.5, 0.6) is 0 Å². The zero-order valence-electron chi connectivity index (χ0n) is 16.0. The molecule has 3 aliphatic carbocycles. The van der Waals surface area contributed by atoms with Gasteiger partial charge in [0.2, 0.25) is 0 Å². The van der Waals surface area contributed by atoms with Crippen LogP contribution in [0.1, 0.15) is 44.1 Å². The predicted octanol–water partition coefficient (Wildman–Crippen LogP) is 2.87. The molecule has 6 nitrogen and oxygen atoms in total. The van der Waals surface area contributed by atoms with Crippen LogP contribution < -0.4 is 0 Å². The number of carbonyl (C=O) groups is 2. The summed E-state index contributed by atoms with van der Waals surface area (Å²) in [6.07, 6.45) is 8.78. The van der Waals surface area contributed by atoms with Crippen molar-refractivity contribution in [3.63, 3.8) is 0 Å². The van der Waals surface area contributed by atoms with Gasteiger partial charge in [0.15, 0.2) is 0 Å². The number of hydrogen-bond donors (Lipinski definition) is 3. The molecule has 0 radical (unpaired) electrons. The van der Waals surface area contributed by atoms with Crippen molar-refractivity contribution >= 4 is 11.9 Å². The van der Waals surface area contributed by atoms with E-state index >= 15 is 0 Å². The molecule has 1 aromatic rings. The molecule has 1 heterocycles. The van der Waals surface area contributed by atoms with Crippen LogP contribution in [0.2, 0.25) is 0 Å². The van der Waals surface area contributed by atoms with Gasteiger partial charge in [-0.05, 0) is 69.0 Å². The predicted molar refractivity (Wildman–Crippen MR) is 105 cm³/mol. The lowest BCUT2D eigenvalue weighted by Crippen LogP contribution is -2.62. The standard InChI is InChI=1S/C18H25NO.C4H4O4/c20-18(15-6-2-1-3-7-15)16-10-8-14(9-11-16)17(18)19-12-4-5-13-19;5-3(6)1-2-4(7)8/h1-3,6-7,14,16-17,20H,4-5,8-13H2;1-2H,(H,5,6)(H,7,8). The first kappa shape index (κ1) is 20.6. The van der Waals surface area contributed by atoms with Gasteiger partial charge in [-0.2, -0.15) is 0 Å². The van der Waals surface area contributed by atoms with Crippen LogP contribution >= 0.6 is 0 Å². The van der Waals surface area contributed by atoms with Gasteiger partial charge in [0.1, 0.15) is 5.60 Å². The largest absolute Gasteiger partial charge is 0.478 e. The molecular weight excluding hydrogens is 358 g/mol. The van der Waals surface area contributed by atoms with E-state index in [-0.39, 0.29) is 0 Å². The van der Waals surface area contributed by atoms with Crippen molar-refractivity contribution in [3.05, 3.63) is 48.0 Å². The molecule has 1 aromatic carbocycles. The fraction of sp³-hybridized carbons (Fsp3) is 0.545. The molecular formula is C22H29NO5. The first-order valence-corrected chi connectivity index (χ1v) is 10.1. The second-order valence-corrected chi connectivity index (χ2v) is 8.00. The molecule has 0 aromatic heterocycles. The molecule has 4 fully saturated rings. The quantitative estimate of drug-likeness (QED) is 0.687. The number of aliphatic hydroxyl groups is 1. The van der Waals surface area contributed by atoms with Crippen LogP contribution in [0.4, 0.5) is 0 Å². The smallest absolute Gasteiger partial charge is 0.328 e. The highest BCUT2D eigenvalue weighted by Gasteiger charge is 2.56. The van der Waals surface area contributed by atoms with Crippen LogP contribution in [0.25, 0.3) is 0 Å². The van der Waals surface area contributed by atoms with Crippen LogP contribution in [0.15, 0.2) is 42.5 Å². The van der Waals surface area contributed by atoms with E-state index in [2.05, 4.69) is 35.2 Å². The van der Waals surface area contributed by atoms with E-state index in [1.54, 1.807) is 0 Å². The van der Waals surface area contributed by atoms with Gasteiger partial charge in [-0.15, -0.1) is 0 Å². The molecule has 152 valence electrons. The van der Waals surface area contributed by atoms with E-state index < -0.39 is 17.5 Å². The van der Waals surface area contributed by atoms with Crippen molar-refractivity contribution in [1.82, 2.24) is 4.90 Å². The number of nitrogens with zero attached hydrogens (tertiary/aromatic N) is 1. The van der Waals surface area contributed by atoms with E-state index in [1.165, 1.54) is 51.6 Å². The molecule has 0 spiro atoms. The zero-order chi connectivity index (χ0) is 20.1. The Labute approximate surface area is 165 Å². The Morgan fingerprint density at radius 2 is 1.46 bits per heavy atom. The van der Waals surface area contributed by atoms with Crippen molar-refractivity contribution in [2.45, 2.75) is 50.2 Å². The van der Waals surface area contributed by atoms with Crippen molar-refractivity contribution < 1.29 is 24.9 Å². The summed E-state index contributed by atoms with van der Waals surface area (Å²) in [5.74, 6) is -1.36. The van der Waals surface area contributed by atoms with Crippen LogP contribution in [0.3, 0.4) is 0 Å². The summed E-state index contributed by atoms with van der Waals surface area (Å²) < 4.78 is 0. The second kappa shape index (κ2) is 8.88. The van der Waals surface area contributed by atoms with Crippen LogP contribution in [-0.2, 0) is 15.2 Å². The van der Waals surface area contributed by atoms with Gasteiger partial charge < -0.3 is 15.3 Å². The number of aliphatic carboxylic acids is 2. The average Bonchev–Trinajstić information content (AvgIpc) is 3.22. The van der Waals surface area contributed by atoms with Crippen molar-refractivity contribution in [3.8, 4) is 0 Å². The summed E-state index contributed by atoms with van der Waals surface area (Å²) in [6.45, 7) is 2.37. The highest BCUT2D eigenvalue weighted by molar-refractivity contribution is 5.89. The van der Waals surface area contributed by atoms with Gasteiger partial charge in [0.05, 0.1) is 0 Å². The molecule has 3 saturated carbocycles. The highest BCUT2D eigenvalue weighted by Crippen LogP contribution is 2.54. The Morgan fingerprint density at radius 1 is 0.929 bits per heavy atom. The summed E-state index contributed by atoms with van der Waals surface area (Å²) in [4.78, 5) is 21.7. The highest BCUT2D eigenvalue weighted by atomic mass is 16.4. The van der Waals surface area contributed by atoms with Gasteiger partial charge in [-0.25, -0.2) is 9.59 Å². The number of carboxylic acid groups (broad SMARTS) is 2. The Morgan fingerprint density at radius 3 is 1.96 bits per heavy atom. The minimum atomic E-state index is -1.26. The average molecular weight is 387 g/mol. The van der Waals surface area contributed by atoms with Crippen LogP contribution in [-0.4, -0.2) is 51.3 Å². The van der Waals surface area contributed by atoms with Crippen molar-refractivity contribution in [2.75, 3.05) is 13.1 Å². The van der Waals surface area contributed by atoms with E-state index in [4.69, 9.17) is 10.2 Å². The Balaban J connectivity index is 0.000000242. The van der Waals surface area contributed by atoms with E-state index in [9.17, 15) is 14.7 Å². The van der Waals surface area contributed by atoms with E-state index in [0.717, 1.165) is 5.56 Å². The van der Waals surface area contributed by atoms with Gasteiger partial charge in [-0.1, -0.05) is 30.3 Å². The summed E-state index contributed by atoms with van der Waals surface area (Å²) in [5, 5.41) is 27.3. The summed E-state index contributed by atoms with van der Waals surface area (Å²) in [6, 6.07) is 10.9. The van der Waals surface area contributed by atoms with E-state index in [1.807, 2.05) is 0 Å². The maximum absolute atomic E-state index is 11.7. The van der Waals surface area contributed by atoms with Crippen molar-refractivity contribution in [2.24, 2.45) is 11.8 Å². The third-order valence-corrected chi connectivity index (χ3v) is 6.43. The monoisotopic (exact) mass is 387 g/mol. The Hall–Kier alpha value is -2.18. The molecule has 2 bridgehead atoms. The first-order valence-electron chi connectivity index (χ1n) is 10.1. The molecule has 6 heteroatoms. The Kier molecular flexibility index (Phi) is 6.52. The second-order valence-electron chi connectivity index (χ2n) is 8.00. The maximum Gasteiger partial charge on any atom is 0.328 e. The third kappa shape index (κ3) is 4.28. The molecule has 28 heavy (non-hydrogen) atoms. The number of carboxylic acids is 2. The topological polar surface area (TPSA) is 98.1 Å². The van der Waals surface area contributed by atoms with Gasteiger partial charge in [0, 0.05) is 18.2 Å². The van der Waals surface area contributed by atoms with E-state index in [0.29, 0.717) is 30.0 Å². The number of hydrogen-bond acceptors (Lipinski definition) is 4.